The second-order valence-corrected chi connectivity index (χ2v) is 9.56. The van der Waals surface area contributed by atoms with E-state index in [9.17, 15) is 14.7 Å². The maximum absolute atomic E-state index is 12.8. The zero-order valence-electron chi connectivity index (χ0n) is 19.0. The summed E-state index contributed by atoms with van der Waals surface area (Å²) in [4.78, 5) is 24.9. The molecule has 0 amide bonds. The topological polar surface area (TPSA) is 72.8 Å². The van der Waals surface area contributed by atoms with Gasteiger partial charge in [0.2, 0.25) is 0 Å². The van der Waals surface area contributed by atoms with Crippen LogP contribution in [-0.4, -0.2) is 24.2 Å². The number of ether oxygens (including phenoxy) is 2. The molecule has 1 aromatic rings. The molecular weight excluding hydrogens is 380 g/mol. The fraction of sp³-hybridized carbons (Fsp3) is 0.600. The molecule has 0 aliphatic heterocycles. The number of aromatic hydroxyl groups is 1. The van der Waals surface area contributed by atoms with Gasteiger partial charge in [-0.2, -0.15) is 0 Å². The fourth-order valence-corrected chi connectivity index (χ4v) is 6.14. The molecule has 1 aromatic carbocycles. The van der Waals surface area contributed by atoms with Crippen LogP contribution in [0.15, 0.2) is 29.8 Å². The number of esters is 2. The van der Waals surface area contributed by atoms with Gasteiger partial charge in [0.15, 0.2) is 0 Å². The van der Waals surface area contributed by atoms with Crippen LogP contribution in [0.5, 0.6) is 5.75 Å². The second kappa shape index (κ2) is 8.09. The van der Waals surface area contributed by atoms with Gasteiger partial charge in [-0.3, -0.25) is 9.59 Å². The first-order chi connectivity index (χ1) is 14.0. The van der Waals surface area contributed by atoms with Crippen molar-refractivity contribution >= 4 is 11.9 Å². The number of phenols is 1. The van der Waals surface area contributed by atoms with Gasteiger partial charge in [0.05, 0.1) is 12.5 Å². The lowest BCUT2D eigenvalue weighted by atomic mass is 9.47. The van der Waals surface area contributed by atoms with Gasteiger partial charge in [-0.1, -0.05) is 37.1 Å². The lowest BCUT2D eigenvalue weighted by Crippen LogP contribution is -2.54. The van der Waals surface area contributed by atoms with Gasteiger partial charge < -0.3 is 14.6 Å². The van der Waals surface area contributed by atoms with Gasteiger partial charge in [0.1, 0.15) is 11.9 Å². The molecule has 2 aliphatic carbocycles. The molecule has 0 heterocycles. The number of fused-ring (bicyclic) bond motifs is 1. The number of rotatable bonds is 4. The van der Waals surface area contributed by atoms with Crippen LogP contribution in [0.2, 0.25) is 0 Å². The van der Waals surface area contributed by atoms with Gasteiger partial charge in [-0.15, -0.1) is 0 Å². The SMILES string of the molecule is COC(=O)[C@@]1(C)CCC[C@]2(C)[C@@H]([C@@H](OC(C)=O)c3ccc(C)c(O)c3)C(C)=CC[C@H]21. The molecule has 0 aromatic heterocycles. The summed E-state index contributed by atoms with van der Waals surface area (Å²) in [6, 6.07) is 5.47. The normalized spacial score (nSPS) is 31.9. The first-order valence-electron chi connectivity index (χ1n) is 10.8. The highest BCUT2D eigenvalue weighted by Crippen LogP contribution is 2.63. The molecule has 1 saturated carbocycles. The summed E-state index contributed by atoms with van der Waals surface area (Å²) < 4.78 is 11.1. The summed E-state index contributed by atoms with van der Waals surface area (Å²) in [5.41, 5.74) is 1.89. The summed E-state index contributed by atoms with van der Waals surface area (Å²) in [5, 5.41) is 10.3. The standard InChI is InChI=1S/C25H34O5/c1-15-8-10-18(14-19(15)27)22(30-17(3)26)21-16(2)9-11-20-24(21,4)12-7-13-25(20,5)23(28)29-6/h8-10,14,20-22,27H,7,11-13H2,1-6H3/t20-,21-,22+,24+,25+/m1/s1. The van der Waals surface area contributed by atoms with Crippen molar-refractivity contribution in [1.82, 2.24) is 0 Å². The van der Waals surface area contributed by atoms with Crippen molar-refractivity contribution < 1.29 is 24.2 Å². The van der Waals surface area contributed by atoms with Crippen molar-refractivity contribution in [2.24, 2.45) is 22.7 Å². The predicted octanol–water partition coefficient (Wildman–Crippen LogP) is 5.26. The van der Waals surface area contributed by atoms with Crippen molar-refractivity contribution in [2.45, 2.75) is 66.4 Å². The maximum atomic E-state index is 12.8. The van der Waals surface area contributed by atoms with E-state index in [2.05, 4.69) is 19.9 Å². The summed E-state index contributed by atoms with van der Waals surface area (Å²) in [6.07, 6.45) is 5.11. The van der Waals surface area contributed by atoms with E-state index in [0.29, 0.717) is 0 Å². The Kier molecular flexibility index (Phi) is 6.03. The van der Waals surface area contributed by atoms with Gasteiger partial charge in [0.25, 0.3) is 0 Å². The van der Waals surface area contributed by atoms with E-state index in [-0.39, 0.29) is 34.9 Å². The Morgan fingerprint density at radius 2 is 1.90 bits per heavy atom. The molecule has 0 saturated heterocycles. The van der Waals surface area contributed by atoms with Crippen LogP contribution in [0.1, 0.15) is 70.6 Å². The Morgan fingerprint density at radius 3 is 2.50 bits per heavy atom. The largest absolute Gasteiger partial charge is 0.508 e. The fourth-order valence-electron chi connectivity index (χ4n) is 6.14. The molecular formula is C25H34O5. The predicted molar refractivity (Wildman–Crippen MR) is 115 cm³/mol. The molecule has 3 rings (SSSR count). The number of hydrogen-bond acceptors (Lipinski definition) is 5. The number of carbonyl (C=O) groups is 2. The second-order valence-electron chi connectivity index (χ2n) is 9.56. The highest BCUT2D eigenvalue weighted by Gasteiger charge is 2.59. The van der Waals surface area contributed by atoms with Crippen LogP contribution in [0, 0.1) is 29.6 Å². The van der Waals surface area contributed by atoms with Crippen LogP contribution in [0.3, 0.4) is 0 Å². The maximum Gasteiger partial charge on any atom is 0.311 e. The average Bonchev–Trinajstić information content (AvgIpc) is 2.67. The minimum absolute atomic E-state index is 0.0806. The molecule has 5 atom stereocenters. The van der Waals surface area contributed by atoms with Crippen molar-refractivity contribution in [3.63, 3.8) is 0 Å². The van der Waals surface area contributed by atoms with E-state index in [1.807, 2.05) is 26.0 Å². The first-order valence-corrected chi connectivity index (χ1v) is 10.8. The monoisotopic (exact) mass is 414 g/mol. The number of benzene rings is 1. The van der Waals surface area contributed by atoms with Crippen molar-refractivity contribution in [2.75, 3.05) is 7.11 Å². The molecule has 0 bridgehead atoms. The number of methoxy groups -OCH3 is 1. The third kappa shape index (κ3) is 3.63. The third-order valence-electron chi connectivity index (χ3n) is 7.66. The Bertz CT molecular complexity index is 872. The highest BCUT2D eigenvalue weighted by molar-refractivity contribution is 5.77. The van der Waals surface area contributed by atoms with Crippen LogP contribution < -0.4 is 0 Å². The molecule has 164 valence electrons. The van der Waals surface area contributed by atoms with E-state index < -0.39 is 11.5 Å². The molecule has 1 N–H and O–H groups in total. The summed E-state index contributed by atoms with van der Waals surface area (Å²) >= 11 is 0. The smallest absolute Gasteiger partial charge is 0.311 e. The van der Waals surface area contributed by atoms with E-state index in [4.69, 9.17) is 9.47 Å². The minimum atomic E-state index is -0.576. The summed E-state index contributed by atoms with van der Waals surface area (Å²) in [7, 11) is 1.46. The van der Waals surface area contributed by atoms with Crippen molar-refractivity contribution in [3.8, 4) is 5.75 Å². The van der Waals surface area contributed by atoms with Crippen LogP contribution in [0.4, 0.5) is 0 Å². The average molecular weight is 415 g/mol. The van der Waals surface area contributed by atoms with Crippen molar-refractivity contribution in [3.05, 3.63) is 41.0 Å². The number of aryl methyl sites for hydroxylation is 1. The Morgan fingerprint density at radius 1 is 1.20 bits per heavy atom. The van der Waals surface area contributed by atoms with Crippen molar-refractivity contribution in [1.29, 1.82) is 0 Å². The van der Waals surface area contributed by atoms with Gasteiger partial charge in [-0.25, -0.2) is 0 Å². The van der Waals surface area contributed by atoms with Crippen LogP contribution >= 0.6 is 0 Å². The molecule has 2 aliphatic rings. The first kappa shape index (κ1) is 22.4. The summed E-state index contributed by atoms with van der Waals surface area (Å²) in [6.45, 7) is 9.59. The lowest BCUT2D eigenvalue weighted by Gasteiger charge is -2.57. The van der Waals surface area contributed by atoms with E-state index >= 15 is 0 Å². The van der Waals surface area contributed by atoms with E-state index in [0.717, 1.165) is 42.4 Å². The molecule has 30 heavy (non-hydrogen) atoms. The Hall–Kier alpha value is -2.30. The Labute approximate surface area is 179 Å². The van der Waals surface area contributed by atoms with E-state index in [1.54, 1.807) is 6.07 Å². The number of carbonyl (C=O) groups excluding carboxylic acids is 2. The molecule has 1 fully saturated rings. The number of allylic oxidation sites excluding steroid dienone is 1. The van der Waals surface area contributed by atoms with Gasteiger partial charge in [-0.05, 0) is 68.6 Å². The minimum Gasteiger partial charge on any atom is -0.508 e. The van der Waals surface area contributed by atoms with Gasteiger partial charge >= 0.3 is 11.9 Å². The summed E-state index contributed by atoms with van der Waals surface area (Å²) in [5.74, 6) is -0.345. The lowest BCUT2D eigenvalue weighted by molar-refractivity contribution is -0.173. The van der Waals surface area contributed by atoms with Crippen LogP contribution in [-0.2, 0) is 19.1 Å². The number of hydrogen-bond donors (Lipinski definition) is 1. The number of phenolic OH excluding ortho intramolecular Hbond substituents is 1. The quantitative estimate of drug-likeness (QED) is 0.538. The molecule has 5 heteroatoms. The molecule has 5 nitrogen and oxygen atoms in total. The third-order valence-corrected chi connectivity index (χ3v) is 7.66. The van der Waals surface area contributed by atoms with Crippen LogP contribution in [0.25, 0.3) is 0 Å². The molecule has 0 spiro atoms. The Balaban J connectivity index is 2.13. The zero-order chi connectivity index (χ0) is 22.3. The molecule has 0 radical (unpaired) electrons. The van der Waals surface area contributed by atoms with Gasteiger partial charge in [0, 0.05) is 12.8 Å². The zero-order valence-corrected chi connectivity index (χ0v) is 19.0. The highest BCUT2D eigenvalue weighted by atomic mass is 16.5. The van der Waals surface area contributed by atoms with E-state index in [1.165, 1.54) is 14.0 Å². The molecule has 0 unspecified atom stereocenters.